The maximum Gasteiger partial charge on any atom is 0.513 e. The molecule has 2 rings (SSSR count). The standard InChI is InChI=1S/C31H47NO11/c1-20(2)32-31(25(33)34,43-28(37)40-22-12-10-9-11-13-22)17-21-14-15-23(41-26(35)38-18-29(3,4)5)24(16-21)42-27(36)39-19-30(6,7)8/h14-16,20,22,32H,9-13,17-19H2,1-8H3,(H,33,34)/t31-/m0/s1. The third-order valence-electron chi connectivity index (χ3n) is 6.03. The van der Waals surface area contributed by atoms with Crippen LogP contribution in [0.5, 0.6) is 11.5 Å². The number of benzene rings is 1. The van der Waals surface area contributed by atoms with E-state index >= 15 is 0 Å². The molecule has 0 unspecified atom stereocenters. The van der Waals surface area contributed by atoms with Gasteiger partial charge in [0.1, 0.15) is 6.10 Å². The van der Waals surface area contributed by atoms with Gasteiger partial charge in [0.25, 0.3) is 5.72 Å². The average Bonchev–Trinajstić information content (AvgIpc) is 2.87. The molecule has 242 valence electrons. The van der Waals surface area contributed by atoms with Crippen LogP contribution in [0.15, 0.2) is 18.2 Å². The first kappa shape index (κ1) is 35.7. The normalized spacial score (nSPS) is 15.7. The van der Waals surface area contributed by atoms with Gasteiger partial charge in [0.05, 0.1) is 13.2 Å². The summed E-state index contributed by atoms with van der Waals surface area (Å²) in [5, 5.41) is 13.1. The highest BCUT2D eigenvalue weighted by Crippen LogP contribution is 2.32. The van der Waals surface area contributed by atoms with E-state index in [1.807, 2.05) is 41.5 Å². The predicted octanol–water partition coefficient (Wildman–Crippen LogP) is 6.62. The van der Waals surface area contributed by atoms with Crippen molar-refractivity contribution in [3.63, 3.8) is 0 Å². The maximum absolute atomic E-state index is 12.8. The molecule has 12 heteroatoms. The van der Waals surface area contributed by atoms with E-state index in [1.54, 1.807) is 13.8 Å². The Labute approximate surface area is 253 Å². The lowest BCUT2D eigenvalue weighted by Gasteiger charge is -2.32. The van der Waals surface area contributed by atoms with E-state index in [1.165, 1.54) is 18.2 Å². The molecule has 0 bridgehead atoms. The van der Waals surface area contributed by atoms with Gasteiger partial charge in [-0.25, -0.2) is 19.2 Å². The van der Waals surface area contributed by atoms with Gasteiger partial charge >= 0.3 is 24.4 Å². The molecule has 2 N–H and O–H groups in total. The highest BCUT2D eigenvalue weighted by Gasteiger charge is 2.45. The Morgan fingerprint density at radius 2 is 1.37 bits per heavy atom. The van der Waals surface area contributed by atoms with E-state index in [9.17, 15) is 24.3 Å². The van der Waals surface area contributed by atoms with Crippen molar-refractivity contribution in [2.45, 2.75) is 112 Å². The Morgan fingerprint density at radius 1 is 0.837 bits per heavy atom. The number of carbonyl (C=O) groups is 4. The zero-order valence-electron chi connectivity index (χ0n) is 26.6. The van der Waals surface area contributed by atoms with Crippen LogP contribution in [0.2, 0.25) is 0 Å². The minimum absolute atomic E-state index is 0.0483. The lowest BCUT2D eigenvalue weighted by atomic mass is 9.98. The summed E-state index contributed by atoms with van der Waals surface area (Å²) in [5.74, 6) is -1.84. The maximum atomic E-state index is 12.8. The molecular formula is C31H47NO11. The van der Waals surface area contributed by atoms with Crippen molar-refractivity contribution in [3.8, 4) is 11.5 Å². The molecule has 1 aliphatic rings. The van der Waals surface area contributed by atoms with Crippen LogP contribution in [0.3, 0.4) is 0 Å². The van der Waals surface area contributed by atoms with Crippen molar-refractivity contribution in [2.75, 3.05) is 13.2 Å². The van der Waals surface area contributed by atoms with E-state index in [0.29, 0.717) is 12.8 Å². The Bertz CT molecular complexity index is 1110. The fourth-order valence-corrected chi connectivity index (χ4v) is 4.15. The topological polar surface area (TPSA) is 156 Å². The van der Waals surface area contributed by atoms with E-state index < -0.39 is 36.2 Å². The van der Waals surface area contributed by atoms with Crippen molar-refractivity contribution in [1.82, 2.24) is 5.32 Å². The number of hydrogen-bond acceptors (Lipinski definition) is 11. The van der Waals surface area contributed by atoms with E-state index in [0.717, 1.165) is 19.3 Å². The summed E-state index contributed by atoms with van der Waals surface area (Å²) in [5.41, 5.74) is -2.61. The first-order chi connectivity index (χ1) is 19.9. The summed E-state index contributed by atoms with van der Waals surface area (Å²) in [6, 6.07) is 3.67. The monoisotopic (exact) mass is 609 g/mol. The van der Waals surface area contributed by atoms with Gasteiger partial charge in [-0.2, -0.15) is 0 Å². The molecule has 43 heavy (non-hydrogen) atoms. The molecule has 0 heterocycles. The van der Waals surface area contributed by atoms with Crippen LogP contribution in [-0.2, 0) is 30.2 Å². The van der Waals surface area contributed by atoms with Gasteiger partial charge in [-0.1, -0.05) is 54.0 Å². The van der Waals surface area contributed by atoms with Gasteiger partial charge in [-0.15, -0.1) is 0 Å². The van der Waals surface area contributed by atoms with Crippen LogP contribution in [0.25, 0.3) is 0 Å². The summed E-state index contributed by atoms with van der Waals surface area (Å²) in [4.78, 5) is 50.3. The molecule has 1 atom stereocenters. The fraction of sp³-hybridized carbons (Fsp3) is 0.677. The third-order valence-corrected chi connectivity index (χ3v) is 6.03. The minimum atomic E-state index is -2.22. The van der Waals surface area contributed by atoms with E-state index in [2.05, 4.69) is 5.32 Å². The molecule has 0 radical (unpaired) electrons. The largest absolute Gasteiger partial charge is 0.513 e. The van der Waals surface area contributed by atoms with Gasteiger partial charge in [0, 0.05) is 12.5 Å². The first-order valence-electron chi connectivity index (χ1n) is 14.6. The predicted molar refractivity (Wildman–Crippen MR) is 156 cm³/mol. The highest BCUT2D eigenvalue weighted by atomic mass is 16.8. The Hall–Kier alpha value is -3.54. The number of ether oxygens (including phenoxy) is 6. The molecule has 0 aliphatic heterocycles. The molecule has 0 aromatic heterocycles. The zero-order valence-corrected chi connectivity index (χ0v) is 26.6. The molecule has 1 aliphatic carbocycles. The molecule has 0 amide bonds. The number of rotatable bonds is 11. The quantitative estimate of drug-likeness (QED) is 0.120. The molecule has 12 nitrogen and oxygen atoms in total. The van der Waals surface area contributed by atoms with Crippen LogP contribution in [0, 0.1) is 10.8 Å². The minimum Gasteiger partial charge on any atom is -0.477 e. The molecule has 1 aromatic rings. The number of carboxylic acid groups (broad SMARTS) is 1. The average molecular weight is 610 g/mol. The third kappa shape index (κ3) is 13.1. The molecule has 1 saturated carbocycles. The number of carboxylic acids is 1. The smallest absolute Gasteiger partial charge is 0.477 e. The summed E-state index contributed by atoms with van der Waals surface area (Å²) in [6.07, 6.45) is 0.302. The lowest BCUT2D eigenvalue weighted by molar-refractivity contribution is -0.168. The van der Waals surface area contributed by atoms with E-state index in [4.69, 9.17) is 28.4 Å². The fourth-order valence-electron chi connectivity index (χ4n) is 4.15. The van der Waals surface area contributed by atoms with Gasteiger partial charge in [-0.05, 0) is 68.1 Å². The first-order valence-corrected chi connectivity index (χ1v) is 14.6. The summed E-state index contributed by atoms with van der Waals surface area (Å²) in [6.45, 7) is 14.8. The second-order valence-corrected chi connectivity index (χ2v) is 13.5. The number of carbonyl (C=O) groups excluding carboxylic acids is 3. The molecular weight excluding hydrogens is 562 g/mol. The van der Waals surface area contributed by atoms with Crippen molar-refractivity contribution < 1.29 is 52.7 Å². The van der Waals surface area contributed by atoms with Crippen molar-refractivity contribution in [3.05, 3.63) is 23.8 Å². The second-order valence-electron chi connectivity index (χ2n) is 13.5. The molecule has 0 spiro atoms. The van der Waals surface area contributed by atoms with Crippen LogP contribution in [0.4, 0.5) is 14.4 Å². The molecule has 1 fully saturated rings. The Balaban J connectivity index is 2.37. The van der Waals surface area contributed by atoms with Gasteiger partial charge < -0.3 is 33.5 Å². The Kier molecular flexibility index (Phi) is 12.7. The zero-order chi connectivity index (χ0) is 32.4. The van der Waals surface area contributed by atoms with Gasteiger partial charge in [-0.3, -0.25) is 5.32 Å². The van der Waals surface area contributed by atoms with Crippen LogP contribution in [-0.4, -0.2) is 60.6 Å². The van der Waals surface area contributed by atoms with Crippen molar-refractivity contribution >= 4 is 24.4 Å². The molecule has 0 saturated heterocycles. The van der Waals surface area contributed by atoms with E-state index in [-0.39, 0.29) is 53.6 Å². The summed E-state index contributed by atoms with van der Waals surface area (Å²) >= 11 is 0. The summed E-state index contributed by atoms with van der Waals surface area (Å²) in [7, 11) is 0. The van der Waals surface area contributed by atoms with Crippen molar-refractivity contribution in [1.29, 1.82) is 0 Å². The number of aliphatic carboxylic acids is 1. The van der Waals surface area contributed by atoms with Crippen molar-refractivity contribution in [2.24, 2.45) is 10.8 Å². The highest BCUT2D eigenvalue weighted by molar-refractivity contribution is 5.80. The van der Waals surface area contributed by atoms with Crippen LogP contribution < -0.4 is 14.8 Å². The summed E-state index contributed by atoms with van der Waals surface area (Å²) < 4.78 is 31.9. The van der Waals surface area contributed by atoms with Gasteiger partial charge in [0.15, 0.2) is 11.5 Å². The number of hydrogen-bond donors (Lipinski definition) is 2. The molecule has 1 aromatic carbocycles. The van der Waals surface area contributed by atoms with Crippen LogP contribution >= 0.6 is 0 Å². The Morgan fingerprint density at radius 3 is 1.86 bits per heavy atom. The van der Waals surface area contributed by atoms with Gasteiger partial charge in [0.2, 0.25) is 0 Å². The second kappa shape index (κ2) is 15.3. The lowest BCUT2D eigenvalue weighted by Crippen LogP contribution is -2.59. The number of nitrogens with one attached hydrogen (secondary N) is 1. The van der Waals surface area contributed by atoms with Crippen LogP contribution in [0.1, 0.15) is 93.1 Å². The SMILES string of the molecule is CC(C)N[C@@](Cc1ccc(OC(=O)OCC(C)(C)C)c(OC(=O)OCC(C)(C)C)c1)(OC(=O)OC1CCCCC1)C(=O)O.